The standard InChI is InChI=1S/C12H9Cl2N3O2S/c13-10-3-1-9(2-4-10)6-8-20(18,19)17-11-5-7-15-12(14)16-11/h1-8H,(H,15,16,17)/b8-6+. The van der Waals surface area contributed by atoms with Gasteiger partial charge in [0.15, 0.2) is 0 Å². The van der Waals surface area contributed by atoms with Gasteiger partial charge in [-0.15, -0.1) is 0 Å². The van der Waals surface area contributed by atoms with Crippen molar-refractivity contribution in [2.75, 3.05) is 4.72 Å². The van der Waals surface area contributed by atoms with Crippen LogP contribution in [0.2, 0.25) is 10.3 Å². The minimum atomic E-state index is -3.67. The summed E-state index contributed by atoms with van der Waals surface area (Å²) in [6.45, 7) is 0. The Kier molecular flexibility index (Phi) is 4.59. The van der Waals surface area contributed by atoms with Crippen molar-refractivity contribution in [3.63, 3.8) is 0 Å². The average Bonchev–Trinajstić information content (AvgIpc) is 2.37. The van der Waals surface area contributed by atoms with Crippen molar-refractivity contribution in [2.45, 2.75) is 0 Å². The van der Waals surface area contributed by atoms with Gasteiger partial charge in [0.05, 0.1) is 5.41 Å². The number of nitrogens with one attached hydrogen (secondary N) is 1. The molecule has 2 aromatic rings. The lowest BCUT2D eigenvalue weighted by molar-refractivity contribution is 0.609. The summed E-state index contributed by atoms with van der Waals surface area (Å²) in [4.78, 5) is 7.40. The highest BCUT2D eigenvalue weighted by Gasteiger charge is 2.07. The molecule has 0 bridgehead atoms. The Morgan fingerprint density at radius 3 is 2.45 bits per heavy atom. The van der Waals surface area contributed by atoms with Crippen LogP contribution in [-0.2, 0) is 10.0 Å². The van der Waals surface area contributed by atoms with Gasteiger partial charge in [-0.3, -0.25) is 4.72 Å². The van der Waals surface area contributed by atoms with Crippen LogP contribution < -0.4 is 4.72 Å². The summed E-state index contributed by atoms with van der Waals surface area (Å²) in [5.41, 5.74) is 0.709. The third-order valence-corrected chi connectivity index (χ3v) is 3.60. The number of aromatic nitrogens is 2. The summed E-state index contributed by atoms with van der Waals surface area (Å²) in [7, 11) is -3.67. The van der Waals surface area contributed by atoms with E-state index in [2.05, 4.69) is 14.7 Å². The molecule has 0 amide bonds. The van der Waals surface area contributed by atoms with Crippen molar-refractivity contribution in [1.82, 2.24) is 9.97 Å². The van der Waals surface area contributed by atoms with Crippen molar-refractivity contribution >= 4 is 45.1 Å². The van der Waals surface area contributed by atoms with Gasteiger partial charge in [0.2, 0.25) is 5.28 Å². The lowest BCUT2D eigenvalue weighted by atomic mass is 10.2. The molecule has 0 aliphatic rings. The summed E-state index contributed by atoms with van der Waals surface area (Å²) in [5.74, 6) is 0.103. The molecule has 1 aromatic heterocycles. The summed E-state index contributed by atoms with van der Waals surface area (Å²) in [5, 5.41) is 1.58. The zero-order chi connectivity index (χ0) is 14.6. The first-order valence-corrected chi connectivity index (χ1v) is 7.70. The normalized spacial score (nSPS) is 11.7. The minimum absolute atomic E-state index is 0.0353. The molecule has 5 nitrogen and oxygen atoms in total. The second kappa shape index (κ2) is 6.21. The Morgan fingerprint density at radius 2 is 1.80 bits per heavy atom. The Bertz CT molecular complexity index is 731. The molecule has 0 spiro atoms. The number of hydrogen-bond donors (Lipinski definition) is 1. The summed E-state index contributed by atoms with van der Waals surface area (Å²) < 4.78 is 25.9. The lowest BCUT2D eigenvalue weighted by Gasteiger charge is -2.02. The van der Waals surface area contributed by atoms with E-state index in [1.807, 2.05) is 0 Å². The number of rotatable bonds is 4. The van der Waals surface area contributed by atoms with Crippen LogP contribution in [0, 0.1) is 0 Å². The summed E-state index contributed by atoms with van der Waals surface area (Å²) in [6, 6.07) is 8.16. The highest BCUT2D eigenvalue weighted by atomic mass is 35.5. The third kappa shape index (κ3) is 4.48. The quantitative estimate of drug-likeness (QED) is 0.874. The van der Waals surface area contributed by atoms with Crippen LogP contribution in [0.1, 0.15) is 5.56 Å². The van der Waals surface area contributed by atoms with Gasteiger partial charge in [0.1, 0.15) is 5.82 Å². The number of anilines is 1. The molecule has 20 heavy (non-hydrogen) atoms. The van der Waals surface area contributed by atoms with Gasteiger partial charge < -0.3 is 0 Å². The maximum absolute atomic E-state index is 11.8. The highest BCUT2D eigenvalue weighted by Crippen LogP contribution is 2.12. The molecule has 2 rings (SSSR count). The minimum Gasteiger partial charge on any atom is -0.264 e. The molecule has 8 heteroatoms. The van der Waals surface area contributed by atoms with E-state index in [0.29, 0.717) is 10.6 Å². The third-order valence-electron chi connectivity index (χ3n) is 2.18. The van der Waals surface area contributed by atoms with Crippen LogP contribution in [0.4, 0.5) is 5.82 Å². The van der Waals surface area contributed by atoms with E-state index in [0.717, 1.165) is 5.41 Å². The maximum Gasteiger partial charge on any atom is 0.256 e. The van der Waals surface area contributed by atoms with Gasteiger partial charge in [-0.2, -0.15) is 4.98 Å². The van der Waals surface area contributed by atoms with Crippen LogP contribution in [-0.4, -0.2) is 18.4 Å². The van der Waals surface area contributed by atoms with Crippen molar-refractivity contribution in [3.05, 3.63) is 57.8 Å². The van der Waals surface area contributed by atoms with Crippen LogP contribution in [0.3, 0.4) is 0 Å². The number of halogens is 2. The van der Waals surface area contributed by atoms with E-state index in [-0.39, 0.29) is 11.1 Å². The molecule has 1 N–H and O–H groups in total. The van der Waals surface area contributed by atoms with E-state index in [4.69, 9.17) is 23.2 Å². The molecule has 1 aromatic carbocycles. The van der Waals surface area contributed by atoms with E-state index >= 15 is 0 Å². The zero-order valence-electron chi connectivity index (χ0n) is 9.99. The fourth-order valence-electron chi connectivity index (χ4n) is 1.31. The zero-order valence-corrected chi connectivity index (χ0v) is 12.3. The summed E-state index contributed by atoms with van der Waals surface area (Å²) in [6.07, 6.45) is 2.80. The Labute approximate surface area is 126 Å². The topological polar surface area (TPSA) is 72.0 Å². The van der Waals surface area contributed by atoms with Crippen molar-refractivity contribution in [3.8, 4) is 0 Å². The van der Waals surface area contributed by atoms with Gasteiger partial charge >= 0.3 is 0 Å². The van der Waals surface area contributed by atoms with E-state index in [1.54, 1.807) is 24.3 Å². The second-order valence-corrected chi connectivity index (χ2v) is 6.05. The lowest BCUT2D eigenvalue weighted by Crippen LogP contribution is -2.10. The average molecular weight is 330 g/mol. The molecule has 0 atom stereocenters. The monoisotopic (exact) mass is 329 g/mol. The first-order chi connectivity index (χ1) is 9.44. The van der Waals surface area contributed by atoms with Crippen LogP contribution in [0.25, 0.3) is 6.08 Å². The van der Waals surface area contributed by atoms with E-state index < -0.39 is 10.0 Å². The molecular weight excluding hydrogens is 321 g/mol. The van der Waals surface area contributed by atoms with E-state index in [9.17, 15) is 8.42 Å². The SMILES string of the molecule is O=S(=O)(/C=C/c1ccc(Cl)cc1)Nc1ccnc(Cl)n1. The molecule has 1 heterocycles. The molecule has 0 saturated heterocycles. The van der Waals surface area contributed by atoms with Gasteiger partial charge in [-0.1, -0.05) is 23.7 Å². The van der Waals surface area contributed by atoms with Crippen molar-refractivity contribution < 1.29 is 8.42 Å². The first kappa shape index (κ1) is 14.8. The molecular formula is C12H9Cl2N3O2S. The van der Waals surface area contributed by atoms with Gasteiger partial charge in [0, 0.05) is 11.2 Å². The Hall–Kier alpha value is -1.63. The Morgan fingerprint density at radius 1 is 1.10 bits per heavy atom. The fraction of sp³-hybridized carbons (Fsp3) is 0. The second-order valence-electron chi connectivity index (χ2n) is 3.71. The van der Waals surface area contributed by atoms with Crippen molar-refractivity contribution in [1.29, 1.82) is 0 Å². The van der Waals surface area contributed by atoms with Crippen LogP contribution in [0.5, 0.6) is 0 Å². The highest BCUT2D eigenvalue weighted by molar-refractivity contribution is 7.95. The fourth-order valence-corrected chi connectivity index (χ4v) is 2.40. The van der Waals surface area contributed by atoms with Crippen LogP contribution >= 0.6 is 23.2 Å². The molecule has 0 unspecified atom stereocenters. The molecule has 0 aliphatic carbocycles. The number of nitrogens with zero attached hydrogens (tertiary/aromatic N) is 2. The number of hydrogen-bond acceptors (Lipinski definition) is 4. The van der Waals surface area contributed by atoms with Crippen LogP contribution in [0.15, 0.2) is 41.9 Å². The molecule has 0 aliphatic heterocycles. The number of sulfonamides is 1. The van der Waals surface area contributed by atoms with Gasteiger partial charge in [0.25, 0.3) is 10.0 Å². The first-order valence-electron chi connectivity index (χ1n) is 5.40. The van der Waals surface area contributed by atoms with Gasteiger partial charge in [-0.25, -0.2) is 13.4 Å². The molecule has 0 radical (unpaired) electrons. The predicted octanol–water partition coefficient (Wildman–Crippen LogP) is 3.20. The van der Waals surface area contributed by atoms with Crippen molar-refractivity contribution in [2.24, 2.45) is 0 Å². The largest absolute Gasteiger partial charge is 0.264 e. The van der Waals surface area contributed by atoms with E-state index in [1.165, 1.54) is 18.3 Å². The molecule has 104 valence electrons. The molecule has 0 saturated carbocycles. The molecule has 0 fully saturated rings. The smallest absolute Gasteiger partial charge is 0.256 e. The van der Waals surface area contributed by atoms with Gasteiger partial charge in [-0.05, 0) is 41.4 Å². The maximum atomic E-state index is 11.8. The Balaban J connectivity index is 2.13. The number of benzene rings is 1. The predicted molar refractivity (Wildman–Crippen MR) is 80.1 cm³/mol. The summed E-state index contributed by atoms with van der Waals surface area (Å²) >= 11 is 11.3.